The zero-order chi connectivity index (χ0) is 48.7. The summed E-state index contributed by atoms with van der Waals surface area (Å²) in [4.78, 5) is 37.5. The van der Waals surface area contributed by atoms with Gasteiger partial charge in [0.1, 0.15) is 19.3 Å². The number of hydrogen-bond donors (Lipinski definition) is 2. The van der Waals surface area contributed by atoms with Crippen LogP contribution in [0.1, 0.15) is 284 Å². The van der Waals surface area contributed by atoms with Crippen LogP contribution in [-0.4, -0.2) is 74.3 Å². The van der Waals surface area contributed by atoms with Gasteiger partial charge in [0.05, 0.1) is 33.8 Å². The number of esters is 1. The number of ether oxygens (including phenoxy) is 1. The first-order valence-corrected chi connectivity index (χ1v) is 30.0. The van der Waals surface area contributed by atoms with Crippen molar-refractivity contribution in [3.8, 4) is 0 Å². The number of quaternary nitrogens is 1. The predicted molar refractivity (Wildman–Crippen MR) is 282 cm³/mol. The third kappa shape index (κ3) is 47.8. The largest absolute Gasteiger partial charge is 0.472 e. The molecule has 0 aromatic carbocycles. The van der Waals surface area contributed by atoms with E-state index in [1.807, 2.05) is 33.3 Å². The molecule has 0 saturated heterocycles. The number of nitrogens with zero attached hydrogens (tertiary/aromatic N) is 1. The molecule has 3 atom stereocenters. The van der Waals surface area contributed by atoms with E-state index in [0.29, 0.717) is 23.9 Å². The Balaban J connectivity index is 5.35. The number of rotatable bonds is 52. The maximum absolute atomic E-state index is 13.5. The maximum Gasteiger partial charge on any atom is 0.472 e. The molecule has 0 aliphatic rings. The molecule has 0 aromatic rings. The van der Waals surface area contributed by atoms with Gasteiger partial charge in [-0.25, -0.2) is 4.57 Å². The second-order valence-electron chi connectivity index (χ2n) is 20.8. The van der Waals surface area contributed by atoms with Crippen LogP contribution in [-0.2, 0) is 27.9 Å². The molecule has 0 saturated carbocycles. The Hall–Kier alpha value is -1.25. The van der Waals surface area contributed by atoms with Crippen LogP contribution >= 0.6 is 7.82 Å². The van der Waals surface area contributed by atoms with E-state index in [0.717, 1.165) is 57.8 Å². The minimum Gasteiger partial charge on any atom is -0.456 e. The van der Waals surface area contributed by atoms with Gasteiger partial charge in [0, 0.05) is 12.8 Å². The summed E-state index contributed by atoms with van der Waals surface area (Å²) in [6.07, 6.45) is 51.9. The van der Waals surface area contributed by atoms with Crippen LogP contribution in [0.5, 0.6) is 0 Å². The van der Waals surface area contributed by atoms with E-state index >= 15 is 0 Å². The van der Waals surface area contributed by atoms with Crippen LogP contribution < -0.4 is 5.32 Å². The normalized spacial score (nSPS) is 13.9. The van der Waals surface area contributed by atoms with Crippen molar-refractivity contribution in [2.45, 2.75) is 296 Å². The molecule has 10 heteroatoms. The van der Waals surface area contributed by atoms with Gasteiger partial charge in [0.2, 0.25) is 5.91 Å². The van der Waals surface area contributed by atoms with Gasteiger partial charge in [0.25, 0.3) is 0 Å². The number of carbonyl (C=O) groups is 2. The molecular formula is C56H112N2O7P+. The highest BCUT2D eigenvalue weighted by atomic mass is 31.2. The fourth-order valence-corrected chi connectivity index (χ4v) is 9.27. The Morgan fingerprint density at radius 3 is 1.24 bits per heavy atom. The van der Waals surface area contributed by atoms with Crippen molar-refractivity contribution < 1.29 is 37.3 Å². The summed E-state index contributed by atoms with van der Waals surface area (Å²) in [5.74, 6) is -0.488. The van der Waals surface area contributed by atoms with Crippen LogP contribution in [0.25, 0.3) is 0 Å². The fourth-order valence-electron chi connectivity index (χ4n) is 8.53. The van der Waals surface area contributed by atoms with Gasteiger partial charge in [0.15, 0.2) is 0 Å². The lowest BCUT2D eigenvalue weighted by molar-refractivity contribution is -0.870. The van der Waals surface area contributed by atoms with E-state index in [9.17, 15) is 19.0 Å². The van der Waals surface area contributed by atoms with Gasteiger partial charge >= 0.3 is 13.8 Å². The average Bonchev–Trinajstić information content (AvgIpc) is 3.27. The summed E-state index contributed by atoms with van der Waals surface area (Å²) >= 11 is 0. The first kappa shape index (κ1) is 64.8. The van der Waals surface area contributed by atoms with Crippen LogP contribution in [0.15, 0.2) is 12.2 Å². The summed E-state index contributed by atoms with van der Waals surface area (Å²) in [5, 5.41) is 3.05. The fraction of sp³-hybridized carbons (Fsp3) is 0.929. The number of phosphoric ester groups is 1. The highest BCUT2D eigenvalue weighted by Crippen LogP contribution is 2.43. The summed E-state index contributed by atoms with van der Waals surface area (Å²) < 4.78 is 30.6. The number of unbranched alkanes of at least 4 members (excludes halogenated alkanes) is 36. The minimum atomic E-state index is -4.43. The molecule has 0 rings (SSSR count). The van der Waals surface area contributed by atoms with Crippen LogP contribution in [0.3, 0.4) is 0 Å². The number of hydrogen-bond acceptors (Lipinski definition) is 6. The third-order valence-electron chi connectivity index (χ3n) is 13.0. The molecule has 0 radical (unpaired) electrons. The average molecular weight is 956 g/mol. The second-order valence-corrected chi connectivity index (χ2v) is 22.3. The molecule has 1 amide bonds. The lowest BCUT2D eigenvalue weighted by Gasteiger charge is -2.27. The lowest BCUT2D eigenvalue weighted by atomic mass is 10.0. The zero-order valence-electron chi connectivity index (χ0n) is 44.7. The first-order chi connectivity index (χ1) is 31.9. The summed E-state index contributed by atoms with van der Waals surface area (Å²) in [5.41, 5.74) is 0. The van der Waals surface area contributed by atoms with Crippen LogP contribution in [0, 0.1) is 0 Å². The Morgan fingerprint density at radius 2 is 0.864 bits per heavy atom. The van der Waals surface area contributed by atoms with Crippen LogP contribution in [0.4, 0.5) is 0 Å². The topological polar surface area (TPSA) is 111 Å². The quantitative estimate of drug-likeness (QED) is 0.0205. The SMILES string of the molecule is CCCCCCCCCCCCC/C=C/C(OC(=O)CCCCCCCCCCCCCCCC)C(COP(=O)(O)OCC[N+](C)(C)C)NC(=O)CCCCCCCCCCCCCCC. The van der Waals surface area contributed by atoms with E-state index in [4.69, 9.17) is 13.8 Å². The first-order valence-electron chi connectivity index (χ1n) is 28.5. The van der Waals surface area contributed by atoms with Gasteiger partial charge in [-0.15, -0.1) is 0 Å². The molecule has 0 bridgehead atoms. The molecular weight excluding hydrogens is 844 g/mol. The number of likely N-dealkylation sites (N-methyl/N-ethyl adjacent to an activating group) is 1. The van der Waals surface area contributed by atoms with Crippen molar-refractivity contribution in [3.63, 3.8) is 0 Å². The van der Waals surface area contributed by atoms with Crippen molar-refractivity contribution in [2.24, 2.45) is 0 Å². The summed E-state index contributed by atoms with van der Waals surface area (Å²) in [6, 6.07) is -0.837. The van der Waals surface area contributed by atoms with Gasteiger partial charge in [-0.1, -0.05) is 252 Å². The Labute approximate surface area is 410 Å². The van der Waals surface area contributed by atoms with Crippen molar-refractivity contribution in [1.29, 1.82) is 0 Å². The third-order valence-corrected chi connectivity index (χ3v) is 14.0. The molecule has 0 fully saturated rings. The molecule has 0 spiro atoms. The van der Waals surface area contributed by atoms with E-state index in [1.54, 1.807) is 0 Å². The number of phosphoric acid groups is 1. The molecule has 0 aliphatic carbocycles. The number of carbonyl (C=O) groups excluding carboxylic acids is 2. The van der Waals surface area contributed by atoms with Crippen LogP contribution in [0.2, 0.25) is 0 Å². The van der Waals surface area contributed by atoms with E-state index in [-0.39, 0.29) is 25.1 Å². The predicted octanol–water partition coefficient (Wildman–Crippen LogP) is 16.8. The molecule has 2 N–H and O–H groups in total. The summed E-state index contributed by atoms with van der Waals surface area (Å²) in [6.45, 7) is 7.04. The van der Waals surface area contributed by atoms with Gasteiger partial charge < -0.3 is 19.4 Å². The van der Waals surface area contributed by atoms with Crippen molar-refractivity contribution in [3.05, 3.63) is 12.2 Å². The monoisotopic (exact) mass is 956 g/mol. The number of amides is 1. The number of nitrogens with one attached hydrogen (secondary N) is 1. The molecule has 0 aromatic heterocycles. The number of allylic oxidation sites excluding steroid dienone is 1. The highest BCUT2D eigenvalue weighted by molar-refractivity contribution is 7.47. The van der Waals surface area contributed by atoms with Crippen molar-refractivity contribution >= 4 is 19.7 Å². The van der Waals surface area contributed by atoms with Crippen molar-refractivity contribution in [2.75, 3.05) is 40.9 Å². The standard InChI is InChI=1S/C56H111N2O7P/c1-7-10-13-16-19-22-25-28-31-34-37-40-43-46-49-56(60)65-54(47-44-41-38-35-32-29-26-23-20-17-14-11-8-2)53(52-64-66(61,62)63-51-50-58(4,5)6)57-55(59)48-45-42-39-36-33-30-27-24-21-18-15-12-9-3/h44,47,53-54H,7-43,45-46,48-52H2,1-6H3,(H-,57,59,61,62)/p+1/b47-44+. The van der Waals surface area contributed by atoms with Gasteiger partial charge in [-0.2, -0.15) is 0 Å². The van der Waals surface area contributed by atoms with E-state index in [2.05, 4.69) is 26.1 Å². The molecule has 392 valence electrons. The second kappa shape index (κ2) is 47.4. The Kier molecular flexibility index (Phi) is 46.5. The Morgan fingerprint density at radius 1 is 0.515 bits per heavy atom. The van der Waals surface area contributed by atoms with E-state index < -0.39 is 20.0 Å². The lowest BCUT2D eigenvalue weighted by Crippen LogP contribution is -2.47. The highest BCUT2D eigenvalue weighted by Gasteiger charge is 2.30. The van der Waals surface area contributed by atoms with Gasteiger partial charge in [-0.05, 0) is 31.8 Å². The molecule has 66 heavy (non-hydrogen) atoms. The van der Waals surface area contributed by atoms with Crippen molar-refractivity contribution in [1.82, 2.24) is 5.32 Å². The molecule has 9 nitrogen and oxygen atoms in total. The molecule has 0 heterocycles. The smallest absolute Gasteiger partial charge is 0.456 e. The molecule has 3 unspecified atom stereocenters. The van der Waals surface area contributed by atoms with E-state index in [1.165, 1.54) is 193 Å². The maximum atomic E-state index is 13.5. The minimum absolute atomic E-state index is 0.0455. The molecule has 0 aliphatic heterocycles. The van der Waals surface area contributed by atoms with Gasteiger partial charge in [-0.3, -0.25) is 18.6 Å². The zero-order valence-corrected chi connectivity index (χ0v) is 45.6. The Bertz CT molecular complexity index is 1150. The summed E-state index contributed by atoms with van der Waals surface area (Å²) in [7, 11) is 1.51.